The van der Waals surface area contributed by atoms with Crippen LogP contribution in [0.25, 0.3) is 0 Å². The fourth-order valence-electron chi connectivity index (χ4n) is 6.44. The van der Waals surface area contributed by atoms with Gasteiger partial charge in [-0.3, -0.25) is 9.59 Å². The molecule has 0 aromatic carbocycles. The number of allylic oxidation sites excluding steroid dienone is 8. The summed E-state index contributed by atoms with van der Waals surface area (Å²) in [5.41, 5.74) is 0. The summed E-state index contributed by atoms with van der Waals surface area (Å²) < 4.78 is 36.0. The summed E-state index contributed by atoms with van der Waals surface area (Å²) >= 11 is 0. The van der Waals surface area contributed by atoms with Gasteiger partial charge in [-0.1, -0.05) is 76.3 Å². The van der Waals surface area contributed by atoms with Crippen LogP contribution in [0.2, 0.25) is 0 Å². The van der Waals surface area contributed by atoms with Crippen LogP contribution < -0.4 is 5.32 Å². The molecule has 0 aliphatic rings. The van der Waals surface area contributed by atoms with E-state index in [0.29, 0.717) is 52.1 Å². The van der Waals surface area contributed by atoms with Crippen molar-refractivity contribution in [2.75, 3.05) is 66.8 Å². The average Bonchev–Trinajstić information content (AvgIpc) is 3.26. The van der Waals surface area contributed by atoms with Crippen molar-refractivity contribution in [2.24, 2.45) is 0 Å². The minimum absolute atomic E-state index is 0.157. The Morgan fingerprint density at radius 1 is 0.468 bits per heavy atom. The monoisotopic (exact) mass is 877 g/mol. The van der Waals surface area contributed by atoms with E-state index in [1.807, 2.05) is 14.1 Å². The highest BCUT2D eigenvalue weighted by Gasteiger charge is 2.16. The molecule has 0 unspecified atom stereocenters. The SMILES string of the molecule is CC/C=C\CCCCOC(CCCCC(=O)OCC(COC(=O)CCCCC(OCCCC/C=C\CC)OCCCC/C=C\CC)NCCCN(C)C)OCCCC/C=C\CC. The van der Waals surface area contributed by atoms with Gasteiger partial charge in [0.1, 0.15) is 13.2 Å². The molecule has 0 radical (unpaired) electrons. The van der Waals surface area contributed by atoms with Gasteiger partial charge in [0.05, 0.1) is 6.04 Å². The van der Waals surface area contributed by atoms with Crippen LogP contribution in [0.4, 0.5) is 0 Å². The third-order valence-corrected chi connectivity index (χ3v) is 10.1. The lowest BCUT2D eigenvalue weighted by molar-refractivity contribution is -0.151. The molecule has 0 spiro atoms. The van der Waals surface area contributed by atoms with Crippen molar-refractivity contribution < 1.29 is 38.0 Å². The topological polar surface area (TPSA) is 105 Å². The molecule has 0 saturated carbocycles. The summed E-state index contributed by atoms with van der Waals surface area (Å²) in [4.78, 5) is 27.8. The molecule has 0 fully saturated rings. The lowest BCUT2D eigenvalue weighted by Gasteiger charge is -2.20. The first-order valence-corrected chi connectivity index (χ1v) is 25.1. The lowest BCUT2D eigenvalue weighted by Crippen LogP contribution is -2.40. The maximum absolute atomic E-state index is 12.8. The van der Waals surface area contributed by atoms with E-state index in [1.165, 1.54) is 0 Å². The summed E-state index contributed by atoms with van der Waals surface area (Å²) in [5.74, 6) is -0.480. The van der Waals surface area contributed by atoms with Crippen molar-refractivity contribution in [2.45, 2.75) is 207 Å². The Morgan fingerprint density at radius 2 is 0.823 bits per heavy atom. The summed E-state index contributed by atoms with van der Waals surface area (Å²) in [7, 11) is 4.09. The van der Waals surface area contributed by atoms with Gasteiger partial charge in [-0.25, -0.2) is 0 Å². The van der Waals surface area contributed by atoms with E-state index < -0.39 is 0 Å². The number of carbonyl (C=O) groups is 2. The third kappa shape index (κ3) is 44.3. The number of esters is 2. The van der Waals surface area contributed by atoms with Gasteiger partial charge >= 0.3 is 11.9 Å². The summed E-state index contributed by atoms with van der Waals surface area (Å²) in [6, 6.07) is -0.271. The first-order chi connectivity index (χ1) is 30.4. The van der Waals surface area contributed by atoms with Crippen molar-refractivity contribution in [3.05, 3.63) is 48.6 Å². The number of hydrogen-bond donors (Lipinski definition) is 1. The van der Waals surface area contributed by atoms with Crippen LogP contribution >= 0.6 is 0 Å². The molecule has 62 heavy (non-hydrogen) atoms. The number of unbranched alkanes of at least 4 members (excludes halogenated alkanes) is 10. The van der Waals surface area contributed by atoms with Crippen molar-refractivity contribution >= 4 is 11.9 Å². The largest absolute Gasteiger partial charge is 0.464 e. The van der Waals surface area contributed by atoms with Crippen LogP contribution in [-0.2, 0) is 38.0 Å². The Morgan fingerprint density at radius 3 is 1.15 bits per heavy atom. The van der Waals surface area contributed by atoms with Gasteiger partial charge in [0.15, 0.2) is 12.6 Å². The molecule has 0 aromatic rings. The van der Waals surface area contributed by atoms with Crippen LogP contribution in [-0.4, -0.2) is 102 Å². The smallest absolute Gasteiger partial charge is 0.305 e. The number of hydrogen-bond acceptors (Lipinski definition) is 10. The molecular weight excluding hydrogens is 781 g/mol. The predicted octanol–water partition coefficient (Wildman–Crippen LogP) is 12.4. The van der Waals surface area contributed by atoms with Crippen LogP contribution in [0.1, 0.15) is 188 Å². The highest BCUT2D eigenvalue weighted by Crippen LogP contribution is 2.14. The molecule has 10 heteroatoms. The molecule has 10 nitrogen and oxygen atoms in total. The third-order valence-electron chi connectivity index (χ3n) is 10.1. The minimum Gasteiger partial charge on any atom is -0.464 e. The second-order valence-electron chi connectivity index (χ2n) is 16.5. The predicted molar refractivity (Wildman–Crippen MR) is 258 cm³/mol. The second kappa shape index (κ2) is 48.1. The van der Waals surface area contributed by atoms with Gasteiger partial charge in [-0.15, -0.1) is 0 Å². The molecule has 0 rings (SSSR count). The van der Waals surface area contributed by atoms with Gasteiger partial charge in [-0.05, 0) is 175 Å². The molecule has 0 aromatic heterocycles. The van der Waals surface area contributed by atoms with Crippen LogP contribution in [0.15, 0.2) is 48.6 Å². The van der Waals surface area contributed by atoms with E-state index >= 15 is 0 Å². The number of carbonyl (C=O) groups excluding carboxylic acids is 2. The Balaban J connectivity index is 4.82. The molecule has 0 amide bonds. The van der Waals surface area contributed by atoms with E-state index in [9.17, 15) is 9.59 Å². The van der Waals surface area contributed by atoms with E-state index in [2.05, 4.69) is 86.5 Å². The average molecular weight is 877 g/mol. The summed E-state index contributed by atoms with van der Waals surface area (Å²) in [6.07, 6.45) is 40.5. The van der Waals surface area contributed by atoms with E-state index in [0.717, 1.165) is 148 Å². The molecule has 0 aliphatic carbocycles. The number of nitrogens with one attached hydrogen (secondary N) is 1. The second-order valence-corrected chi connectivity index (χ2v) is 16.5. The first kappa shape index (κ1) is 59.7. The number of nitrogens with zero attached hydrogens (tertiary/aromatic N) is 1. The van der Waals surface area contributed by atoms with Crippen molar-refractivity contribution in [1.82, 2.24) is 10.2 Å². The Labute approximate surface area is 381 Å². The zero-order chi connectivity index (χ0) is 45.4. The Hall–Kier alpha value is -2.34. The summed E-state index contributed by atoms with van der Waals surface area (Å²) in [5, 5.41) is 3.44. The van der Waals surface area contributed by atoms with Gasteiger partial charge in [-0.2, -0.15) is 0 Å². The maximum Gasteiger partial charge on any atom is 0.305 e. The minimum atomic E-state index is -0.271. The van der Waals surface area contributed by atoms with Crippen LogP contribution in [0.5, 0.6) is 0 Å². The molecular formula is C52H96N2O8. The zero-order valence-corrected chi connectivity index (χ0v) is 40.9. The number of rotatable bonds is 47. The quantitative estimate of drug-likeness (QED) is 0.0275. The van der Waals surface area contributed by atoms with Crippen molar-refractivity contribution in [1.29, 1.82) is 0 Å². The number of ether oxygens (including phenoxy) is 6. The molecule has 1 N–H and O–H groups in total. The zero-order valence-electron chi connectivity index (χ0n) is 40.9. The van der Waals surface area contributed by atoms with Crippen molar-refractivity contribution in [3.63, 3.8) is 0 Å². The summed E-state index contributed by atoms with van der Waals surface area (Å²) in [6.45, 7) is 13.3. The van der Waals surface area contributed by atoms with Gasteiger partial charge in [0.2, 0.25) is 0 Å². The fourth-order valence-corrected chi connectivity index (χ4v) is 6.44. The van der Waals surface area contributed by atoms with Crippen LogP contribution in [0, 0.1) is 0 Å². The highest BCUT2D eigenvalue weighted by molar-refractivity contribution is 5.69. The van der Waals surface area contributed by atoms with Gasteiger partial charge < -0.3 is 38.6 Å². The molecule has 0 bridgehead atoms. The Kier molecular flexibility index (Phi) is 46.3. The fraction of sp³-hybridized carbons (Fsp3) is 0.808. The normalized spacial score (nSPS) is 12.4. The molecule has 0 saturated heterocycles. The Bertz CT molecular complexity index is 971. The molecule has 0 aliphatic heterocycles. The van der Waals surface area contributed by atoms with E-state index in [-0.39, 0.29) is 43.8 Å². The van der Waals surface area contributed by atoms with E-state index in [4.69, 9.17) is 28.4 Å². The van der Waals surface area contributed by atoms with E-state index in [1.54, 1.807) is 0 Å². The van der Waals surface area contributed by atoms with Gasteiger partial charge in [0, 0.05) is 39.3 Å². The van der Waals surface area contributed by atoms with Crippen molar-refractivity contribution in [3.8, 4) is 0 Å². The van der Waals surface area contributed by atoms with Crippen LogP contribution in [0.3, 0.4) is 0 Å². The standard InChI is InChI=1S/C52H96N2O8/c1-7-11-15-19-23-31-42-57-51(58-43-32-24-20-16-12-8-2)38-29-27-36-49(55)61-46-48(53-40-35-41-54(5)6)47-62-50(56)37-28-30-39-52(59-44-33-25-21-17-13-9-3)60-45-34-26-22-18-14-10-4/h11-18,48,51-53H,7-10,19-47H2,1-6H3/b15-11-,16-12-,17-13-,18-14-. The highest BCUT2D eigenvalue weighted by atomic mass is 16.7. The molecule has 0 atom stereocenters. The molecule has 0 heterocycles. The first-order valence-electron chi connectivity index (χ1n) is 25.1. The lowest BCUT2D eigenvalue weighted by atomic mass is 10.2. The molecule has 362 valence electrons. The maximum atomic E-state index is 12.8. The van der Waals surface area contributed by atoms with Gasteiger partial charge in [0.25, 0.3) is 0 Å².